The molecular weight excluding hydrogens is 274 g/mol. The summed E-state index contributed by atoms with van der Waals surface area (Å²) in [5.74, 6) is 1.29. The molecule has 2 N–H and O–H groups in total. The van der Waals surface area contributed by atoms with Crippen molar-refractivity contribution < 1.29 is 9.84 Å². The van der Waals surface area contributed by atoms with Gasteiger partial charge in [0.05, 0.1) is 0 Å². The minimum Gasteiger partial charge on any atom is -0.491 e. The van der Waals surface area contributed by atoms with Gasteiger partial charge < -0.3 is 15.2 Å². The van der Waals surface area contributed by atoms with Gasteiger partial charge in [0.1, 0.15) is 18.5 Å². The van der Waals surface area contributed by atoms with E-state index in [0.717, 1.165) is 5.75 Å². The van der Waals surface area contributed by atoms with Gasteiger partial charge in [-0.3, -0.25) is 0 Å². The van der Waals surface area contributed by atoms with Crippen LogP contribution in [-0.4, -0.2) is 29.9 Å². The lowest BCUT2D eigenvalue weighted by Gasteiger charge is -2.23. The number of aliphatic hydroxyl groups is 1. The Morgan fingerprint density at radius 1 is 1.20 bits per heavy atom. The average Bonchev–Trinajstić information content (AvgIpc) is 2.33. The summed E-state index contributed by atoms with van der Waals surface area (Å²) in [5, 5.41) is 13.2. The third-order valence-electron chi connectivity index (χ3n) is 2.84. The monoisotopic (exact) mass is 301 g/mol. The van der Waals surface area contributed by atoms with Crippen molar-refractivity contribution in [2.45, 2.75) is 52.2 Å². The Hall–Kier alpha value is -0.770. The number of ether oxygens (including phenoxy) is 1. The van der Waals surface area contributed by atoms with Gasteiger partial charge in [0, 0.05) is 12.1 Å². The van der Waals surface area contributed by atoms with Crippen molar-refractivity contribution in [1.82, 2.24) is 5.32 Å². The van der Waals surface area contributed by atoms with E-state index in [4.69, 9.17) is 4.74 Å². The summed E-state index contributed by atoms with van der Waals surface area (Å²) < 4.78 is 5.74. The predicted molar refractivity (Wildman–Crippen MR) is 87.0 cm³/mol. The second kappa shape index (κ2) is 8.50. The first kappa shape index (κ1) is 19.2. The Labute approximate surface area is 129 Å². The second-order valence-corrected chi connectivity index (χ2v) is 6.29. The summed E-state index contributed by atoms with van der Waals surface area (Å²) in [6.07, 6.45) is -0.501. The molecule has 116 valence electrons. The van der Waals surface area contributed by atoms with Gasteiger partial charge in [0.25, 0.3) is 0 Å². The van der Waals surface area contributed by atoms with Crippen molar-refractivity contribution in [3.63, 3.8) is 0 Å². The third kappa shape index (κ3) is 7.13. The standard InChI is InChI=1S/C16H27NO2.ClH/c1-12(2)14-8-6-7-9-15(14)19-11-13(18)10-17-16(3,4)5;/h6-9,12-13,17-18H,10-11H2,1-5H3;1H. The average molecular weight is 302 g/mol. The molecule has 0 heterocycles. The van der Waals surface area contributed by atoms with Crippen LogP contribution in [0.1, 0.15) is 46.1 Å². The third-order valence-corrected chi connectivity index (χ3v) is 2.84. The summed E-state index contributed by atoms with van der Waals surface area (Å²) in [5.41, 5.74) is 1.19. The first-order valence-electron chi connectivity index (χ1n) is 6.94. The van der Waals surface area contributed by atoms with E-state index >= 15 is 0 Å². The fourth-order valence-corrected chi connectivity index (χ4v) is 1.76. The minimum absolute atomic E-state index is 0. The van der Waals surface area contributed by atoms with E-state index in [1.165, 1.54) is 5.56 Å². The van der Waals surface area contributed by atoms with Crippen LogP contribution in [0.25, 0.3) is 0 Å². The molecule has 0 aliphatic rings. The number of nitrogens with one attached hydrogen (secondary N) is 1. The second-order valence-electron chi connectivity index (χ2n) is 6.29. The number of hydrogen-bond acceptors (Lipinski definition) is 3. The molecule has 1 aromatic rings. The van der Waals surface area contributed by atoms with E-state index in [2.05, 4.69) is 46.0 Å². The van der Waals surface area contributed by atoms with Crippen molar-refractivity contribution in [3.8, 4) is 5.75 Å². The Bertz CT molecular complexity index is 388. The number of β-amino-alcohol motifs (C(OH)–C–C–N with tert-alkyl or cyclic N) is 1. The molecule has 20 heavy (non-hydrogen) atoms. The van der Waals surface area contributed by atoms with Crippen molar-refractivity contribution in [3.05, 3.63) is 29.8 Å². The lowest BCUT2D eigenvalue weighted by molar-refractivity contribution is 0.0994. The maximum Gasteiger partial charge on any atom is 0.122 e. The number of hydrogen-bond donors (Lipinski definition) is 2. The van der Waals surface area contributed by atoms with Gasteiger partial charge in [-0.25, -0.2) is 0 Å². The topological polar surface area (TPSA) is 41.5 Å². The number of halogens is 1. The van der Waals surface area contributed by atoms with E-state index in [1.54, 1.807) is 0 Å². The number of rotatable bonds is 6. The normalized spacial score (nSPS) is 12.9. The Balaban J connectivity index is 0.00000361. The summed E-state index contributed by atoms with van der Waals surface area (Å²) >= 11 is 0. The van der Waals surface area contributed by atoms with Gasteiger partial charge in [-0.2, -0.15) is 0 Å². The Morgan fingerprint density at radius 3 is 2.35 bits per heavy atom. The van der Waals surface area contributed by atoms with Crippen molar-refractivity contribution >= 4 is 12.4 Å². The molecule has 1 unspecified atom stereocenters. The molecule has 0 saturated carbocycles. The van der Waals surface area contributed by atoms with Crippen LogP contribution in [0, 0.1) is 0 Å². The van der Waals surface area contributed by atoms with E-state index in [1.807, 2.05) is 18.2 Å². The molecule has 0 bridgehead atoms. The number of para-hydroxylation sites is 1. The lowest BCUT2D eigenvalue weighted by Crippen LogP contribution is -2.42. The number of benzene rings is 1. The highest BCUT2D eigenvalue weighted by Crippen LogP contribution is 2.25. The molecular formula is C16H28ClNO2. The molecule has 1 atom stereocenters. The molecule has 3 nitrogen and oxygen atoms in total. The van der Waals surface area contributed by atoms with Gasteiger partial charge in [0.15, 0.2) is 0 Å². The summed E-state index contributed by atoms with van der Waals surface area (Å²) in [7, 11) is 0. The predicted octanol–water partition coefficient (Wildman–Crippen LogP) is 3.36. The molecule has 1 aromatic carbocycles. The van der Waals surface area contributed by atoms with E-state index in [-0.39, 0.29) is 17.9 Å². The van der Waals surface area contributed by atoms with Gasteiger partial charge in [-0.15, -0.1) is 12.4 Å². The zero-order valence-corrected chi connectivity index (χ0v) is 14.0. The summed E-state index contributed by atoms with van der Waals surface area (Å²) in [4.78, 5) is 0. The van der Waals surface area contributed by atoms with Crippen LogP contribution in [-0.2, 0) is 0 Å². The lowest BCUT2D eigenvalue weighted by atomic mass is 10.0. The summed E-state index contributed by atoms with van der Waals surface area (Å²) in [6, 6.07) is 8.00. The van der Waals surface area contributed by atoms with Crippen molar-refractivity contribution in [1.29, 1.82) is 0 Å². The first-order chi connectivity index (χ1) is 8.79. The minimum atomic E-state index is -0.501. The van der Waals surface area contributed by atoms with Gasteiger partial charge in [0.2, 0.25) is 0 Å². The van der Waals surface area contributed by atoms with Crippen LogP contribution < -0.4 is 10.1 Å². The fraction of sp³-hybridized carbons (Fsp3) is 0.625. The maximum atomic E-state index is 9.92. The molecule has 0 radical (unpaired) electrons. The molecule has 0 aliphatic carbocycles. The summed E-state index contributed by atoms with van der Waals surface area (Å²) in [6.45, 7) is 11.4. The van der Waals surface area contributed by atoms with Crippen LogP contribution >= 0.6 is 12.4 Å². The molecule has 4 heteroatoms. The van der Waals surface area contributed by atoms with Crippen LogP contribution in [0.5, 0.6) is 5.75 Å². The molecule has 0 aliphatic heterocycles. The zero-order chi connectivity index (χ0) is 14.5. The van der Waals surface area contributed by atoms with Gasteiger partial charge in [-0.05, 0) is 38.3 Å². The SMILES string of the molecule is CC(C)c1ccccc1OCC(O)CNC(C)(C)C.Cl. The van der Waals surface area contributed by atoms with Gasteiger partial charge >= 0.3 is 0 Å². The molecule has 0 saturated heterocycles. The van der Waals surface area contributed by atoms with E-state index in [0.29, 0.717) is 19.1 Å². The Kier molecular flexibility index (Phi) is 8.17. The fourth-order valence-electron chi connectivity index (χ4n) is 1.76. The molecule has 0 aromatic heterocycles. The van der Waals surface area contributed by atoms with Crippen LogP contribution in [0.2, 0.25) is 0 Å². The number of aliphatic hydroxyl groups excluding tert-OH is 1. The van der Waals surface area contributed by atoms with Crippen LogP contribution in [0.3, 0.4) is 0 Å². The Morgan fingerprint density at radius 2 is 1.80 bits per heavy atom. The largest absolute Gasteiger partial charge is 0.491 e. The molecule has 0 spiro atoms. The highest BCUT2D eigenvalue weighted by atomic mass is 35.5. The molecule has 0 fully saturated rings. The molecule has 1 rings (SSSR count). The van der Waals surface area contributed by atoms with Crippen LogP contribution in [0.4, 0.5) is 0 Å². The smallest absolute Gasteiger partial charge is 0.122 e. The van der Waals surface area contributed by atoms with Crippen LogP contribution in [0.15, 0.2) is 24.3 Å². The first-order valence-corrected chi connectivity index (χ1v) is 6.94. The highest BCUT2D eigenvalue weighted by molar-refractivity contribution is 5.85. The van der Waals surface area contributed by atoms with E-state index in [9.17, 15) is 5.11 Å². The van der Waals surface area contributed by atoms with E-state index < -0.39 is 6.10 Å². The van der Waals surface area contributed by atoms with Crippen molar-refractivity contribution in [2.75, 3.05) is 13.2 Å². The zero-order valence-electron chi connectivity index (χ0n) is 13.1. The van der Waals surface area contributed by atoms with Crippen molar-refractivity contribution in [2.24, 2.45) is 0 Å². The quantitative estimate of drug-likeness (QED) is 0.846. The van der Waals surface area contributed by atoms with Gasteiger partial charge in [-0.1, -0.05) is 32.0 Å². The molecule has 0 amide bonds. The maximum absolute atomic E-state index is 9.92. The highest BCUT2D eigenvalue weighted by Gasteiger charge is 2.13.